The first-order chi connectivity index (χ1) is 17.8. The van der Waals surface area contributed by atoms with E-state index in [2.05, 4.69) is 5.10 Å². The summed E-state index contributed by atoms with van der Waals surface area (Å²) in [7, 11) is 1.51. The number of aromatic nitrogens is 2. The zero-order valence-corrected chi connectivity index (χ0v) is 21.2. The van der Waals surface area contributed by atoms with Gasteiger partial charge in [-0.25, -0.2) is 4.39 Å². The van der Waals surface area contributed by atoms with E-state index in [0.29, 0.717) is 57.7 Å². The number of ether oxygens (including phenoxy) is 1. The van der Waals surface area contributed by atoms with Gasteiger partial charge in [0.15, 0.2) is 5.69 Å². The van der Waals surface area contributed by atoms with Crippen LogP contribution in [0.15, 0.2) is 30.3 Å². The van der Waals surface area contributed by atoms with Crippen molar-refractivity contribution in [2.45, 2.75) is 39.3 Å². The second-order valence-electron chi connectivity index (χ2n) is 9.44. The minimum absolute atomic E-state index is 0.0883. The van der Waals surface area contributed by atoms with Gasteiger partial charge in [0, 0.05) is 45.8 Å². The first kappa shape index (κ1) is 26.3. The SMILES string of the molecule is CCOC(=O)[C@H]1CCCN(C(=O)CN(C)C(=O)c2cc3n(n2)CCCN(Cc2ccc(F)cc2)C3=O)C1. The van der Waals surface area contributed by atoms with Crippen molar-refractivity contribution < 1.29 is 28.3 Å². The predicted octanol–water partition coefficient (Wildman–Crippen LogP) is 1.94. The highest BCUT2D eigenvalue weighted by Crippen LogP contribution is 2.20. The van der Waals surface area contributed by atoms with E-state index in [1.165, 1.54) is 34.8 Å². The predicted molar refractivity (Wildman–Crippen MR) is 131 cm³/mol. The third-order valence-corrected chi connectivity index (χ3v) is 6.70. The van der Waals surface area contributed by atoms with Crippen molar-refractivity contribution in [2.24, 2.45) is 5.92 Å². The zero-order valence-electron chi connectivity index (χ0n) is 21.2. The lowest BCUT2D eigenvalue weighted by atomic mass is 9.98. The van der Waals surface area contributed by atoms with E-state index in [4.69, 9.17) is 4.74 Å². The number of aryl methyl sites for hydroxylation is 1. The number of carbonyl (C=O) groups excluding carboxylic acids is 4. The summed E-state index contributed by atoms with van der Waals surface area (Å²) >= 11 is 0. The molecule has 0 spiro atoms. The van der Waals surface area contributed by atoms with Crippen LogP contribution >= 0.6 is 0 Å². The average molecular weight is 514 g/mol. The fourth-order valence-electron chi connectivity index (χ4n) is 4.73. The second kappa shape index (κ2) is 11.5. The van der Waals surface area contributed by atoms with Crippen molar-refractivity contribution in [2.75, 3.05) is 39.8 Å². The maximum Gasteiger partial charge on any atom is 0.310 e. The molecular formula is C26H32FN5O5. The minimum atomic E-state index is -0.467. The van der Waals surface area contributed by atoms with E-state index in [1.807, 2.05) is 0 Å². The normalized spacial score (nSPS) is 17.7. The van der Waals surface area contributed by atoms with Gasteiger partial charge < -0.3 is 19.4 Å². The molecule has 0 N–H and O–H groups in total. The van der Waals surface area contributed by atoms with Gasteiger partial charge in [-0.1, -0.05) is 12.1 Å². The molecule has 3 amide bonds. The minimum Gasteiger partial charge on any atom is -0.466 e. The van der Waals surface area contributed by atoms with E-state index >= 15 is 0 Å². The summed E-state index contributed by atoms with van der Waals surface area (Å²) in [6.07, 6.45) is 2.02. The number of amides is 3. The summed E-state index contributed by atoms with van der Waals surface area (Å²) in [5.41, 5.74) is 1.20. The smallest absolute Gasteiger partial charge is 0.310 e. The molecule has 37 heavy (non-hydrogen) atoms. The Hall–Kier alpha value is -3.76. The molecule has 1 fully saturated rings. The molecule has 2 aliphatic rings. The van der Waals surface area contributed by atoms with Gasteiger partial charge in [0.2, 0.25) is 5.91 Å². The topological polar surface area (TPSA) is 105 Å². The van der Waals surface area contributed by atoms with Crippen LogP contribution in [0.2, 0.25) is 0 Å². The van der Waals surface area contributed by atoms with Crippen LogP contribution in [0.25, 0.3) is 0 Å². The summed E-state index contributed by atoms with van der Waals surface area (Å²) in [6, 6.07) is 7.46. The van der Waals surface area contributed by atoms with E-state index in [-0.39, 0.29) is 48.3 Å². The van der Waals surface area contributed by atoms with Crippen LogP contribution < -0.4 is 0 Å². The Balaban J connectivity index is 1.39. The Kier molecular flexibility index (Phi) is 8.20. The number of rotatable bonds is 7. The highest BCUT2D eigenvalue weighted by atomic mass is 19.1. The highest BCUT2D eigenvalue weighted by Gasteiger charge is 2.31. The number of piperidine rings is 1. The zero-order chi connectivity index (χ0) is 26.5. The van der Waals surface area contributed by atoms with Gasteiger partial charge in [0.25, 0.3) is 11.8 Å². The van der Waals surface area contributed by atoms with Crippen LogP contribution in [0.5, 0.6) is 0 Å². The molecule has 0 aliphatic carbocycles. The molecule has 0 unspecified atom stereocenters. The van der Waals surface area contributed by atoms with Gasteiger partial charge in [0.05, 0.1) is 19.1 Å². The molecule has 10 nitrogen and oxygen atoms in total. The van der Waals surface area contributed by atoms with Gasteiger partial charge in [-0.3, -0.25) is 23.9 Å². The molecule has 2 aliphatic heterocycles. The molecule has 4 rings (SSSR count). The lowest BCUT2D eigenvalue weighted by Gasteiger charge is -2.32. The van der Waals surface area contributed by atoms with Crippen molar-refractivity contribution in [1.29, 1.82) is 0 Å². The van der Waals surface area contributed by atoms with E-state index in [0.717, 1.165) is 5.56 Å². The Morgan fingerprint density at radius 2 is 1.89 bits per heavy atom. The van der Waals surface area contributed by atoms with Crippen LogP contribution in [-0.4, -0.2) is 88.0 Å². The molecule has 0 radical (unpaired) electrons. The number of likely N-dealkylation sites (tertiary alicyclic amines) is 1. The van der Waals surface area contributed by atoms with Crippen LogP contribution in [0.1, 0.15) is 52.7 Å². The first-order valence-corrected chi connectivity index (χ1v) is 12.6. The maximum atomic E-state index is 13.2. The number of hydrogen-bond donors (Lipinski definition) is 0. The number of esters is 1. The monoisotopic (exact) mass is 513 g/mol. The summed E-state index contributed by atoms with van der Waals surface area (Å²) < 4.78 is 19.9. The van der Waals surface area contributed by atoms with Crippen molar-refractivity contribution in [3.05, 3.63) is 53.1 Å². The van der Waals surface area contributed by atoms with Gasteiger partial charge in [-0.15, -0.1) is 0 Å². The Morgan fingerprint density at radius 3 is 2.62 bits per heavy atom. The summed E-state index contributed by atoms with van der Waals surface area (Å²) in [6.45, 7) is 3.98. The van der Waals surface area contributed by atoms with Gasteiger partial charge in [0.1, 0.15) is 11.5 Å². The fourth-order valence-corrected chi connectivity index (χ4v) is 4.73. The van der Waals surface area contributed by atoms with Crippen molar-refractivity contribution in [3.8, 4) is 0 Å². The van der Waals surface area contributed by atoms with E-state index in [9.17, 15) is 23.6 Å². The molecule has 1 saturated heterocycles. The maximum absolute atomic E-state index is 13.2. The Morgan fingerprint density at radius 1 is 1.14 bits per heavy atom. The molecule has 0 bridgehead atoms. The summed E-state index contributed by atoms with van der Waals surface area (Å²) in [5, 5.41) is 4.35. The molecular weight excluding hydrogens is 481 g/mol. The van der Waals surface area contributed by atoms with Gasteiger partial charge in [-0.2, -0.15) is 5.10 Å². The first-order valence-electron chi connectivity index (χ1n) is 12.6. The number of carbonyl (C=O) groups is 4. The van der Waals surface area contributed by atoms with Gasteiger partial charge >= 0.3 is 5.97 Å². The average Bonchev–Trinajstić information content (AvgIpc) is 3.26. The molecule has 1 atom stereocenters. The summed E-state index contributed by atoms with van der Waals surface area (Å²) in [5.74, 6) is -1.98. The number of hydrogen-bond acceptors (Lipinski definition) is 6. The molecule has 0 saturated carbocycles. The largest absolute Gasteiger partial charge is 0.466 e. The van der Waals surface area contributed by atoms with E-state index < -0.39 is 5.91 Å². The van der Waals surface area contributed by atoms with E-state index in [1.54, 1.807) is 28.9 Å². The van der Waals surface area contributed by atoms with Crippen LogP contribution in [0.4, 0.5) is 4.39 Å². The molecule has 11 heteroatoms. The van der Waals surface area contributed by atoms with Crippen molar-refractivity contribution >= 4 is 23.7 Å². The lowest BCUT2D eigenvalue weighted by Crippen LogP contribution is -2.47. The molecule has 1 aromatic heterocycles. The Labute approximate surface area is 214 Å². The molecule has 2 aromatic rings. The van der Waals surface area contributed by atoms with Crippen LogP contribution in [-0.2, 0) is 27.4 Å². The van der Waals surface area contributed by atoms with Crippen molar-refractivity contribution in [3.63, 3.8) is 0 Å². The highest BCUT2D eigenvalue weighted by molar-refractivity contribution is 5.99. The quantitative estimate of drug-likeness (QED) is 0.524. The number of fused-ring (bicyclic) bond motifs is 1. The third-order valence-electron chi connectivity index (χ3n) is 6.70. The number of likely N-dealkylation sites (N-methyl/N-ethyl adjacent to an activating group) is 1. The Bertz CT molecular complexity index is 1160. The number of benzene rings is 1. The molecule has 198 valence electrons. The fraction of sp³-hybridized carbons (Fsp3) is 0.500. The van der Waals surface area contributed by atoms with Gasteiger partial charge in [-0.05, 0) is 43.9 Å². The second-order valence-corrected chi connectivity index (χ2v) is 9.44. The van der Waals surface area contributed by atoms with Crippen LogP contribution in [0, 0.1) is 11.7 Å². The van der Waals surface area contributed by atoms with Crippen LogP contribution in [0.3, 0.4) is 0 Å². The molecule has 3 heterocycles. The number of halogens is 1. The third kappa shape index (κ3) is 6.15. The van der Waals surface area contributed by atoms with Crippen molar-refractivity contribution in [1.82, 2.24) is 24.5 Å². The molecule has 1 aromatic carbocycles. The summed E-state index contributed by atoms with van der Waals surface area (Å²) in [4.78, 5) is 55.8. The standard InChI is InChI=1S/C26H32FN5O5/c1-3-37-26(36)19-6-4-11-30(16-19)23(33)17-29(2)24(34)21-14-22-25(35)31(12-5-13-32(22)28-21)15-18-7-9-20(27)10-8-18/h7-10,14,19H,3-6,11-13,15-17H2,1-2H3/t19-/m0/s1. The number of nitrogens with zero attached hydrogens (tertiary/aromatic N) is 5. The lowest BCUT2D eigenvalue weighted by molar-refractivity contribution is -0.151.